The molecule has 1 amide bonds. The van der Waals surface area contributed by atoms with Gasteiger partial charge in [0.25, 0.3) is 5.91 Å². The number of amides is 1. The van der Waals surface area contributed by atoms with Crippen LogP contribution in [0.25, 0.3) is 5.69 Å². The molecule has 5 rings (SSSR count). The molecule has 1 saturated heterocycles. The number of pyridine rings is 2. The minimum absolute atomic E-state index is 0.106. The summed E-state index contributed by atoms with van der Waals surface area (Å²) in [6, 6.07) is 9.22. The van der Waals surface area contributed by atoms with Crippen LogP contribution in [0.5, 0.6) is 0 Å². The topological polar surface area (TPSA) is 67.2 Å². The van der Waals surface area contributed by atoms with Crippen LogP contribution in [-0.2, 0) is 6.54 Å². The number of rotatable bonds is 3. The van der Waals surface area contributed by atoms with Crippen molar-refractivity contribution in [2.75, 3.05) is 22.9 Å². The third-order valence-corrected chi connectivity index (χ3v) is 4.95. The Kier molecular flexibility index (Phi) is 3.63. The van der Waals surface area contributed by atoms with Gasteiger partial charge in [0.1, 0.15) is 17.8 Å². The van der Waals surface area contributed by atoms with E-state index in [1.165, 1.54) is 0 Å². The van der Waals surface area contributed by atoms with Gasteiger partial charge in [0.05, 0.1) is 36.2 Å². The molecule has 27 heavy (non-hydrogen) atoms. The second-order valence-corrected chi connectivity index (χ2v) is 6.72. The van der Waals surface area contributed by atoms with Crippen molar-refractivity contribution >= 4 is 17.5 Å². The Bertz CT molecular complexity index is 987. The molecule has 0 aliphatic carbocycles. The maximum Gasteiger partial charge on any atom is 0.263 e. The third-order valence-electron chi connectivity index (χ3n) is 4.95. The van der Waals surface area contributed by atoms with E-state index in [0.29, 0.717) is 37.4 Å². The second kappa shape index (κ2) is 6.15. The number of alkyl halides is 1. The molecule has 136 valence electrons. The number of carbonyl (C=O) groups excluding carboxylic acids is 1. The van der Waals surface area contributed by atoms with Gasteiger partial charge in [0, 0.05) is 18.9 Å². The van der Waals surface area contributed by atoms with Gasteiger partial charge in [-0.25, -0.2) is 19.0 Å². The summed E-state index contributed by atoms with van der Waals surface area (Å²) in [5.74, 6) is 1.27. The standard InChI is InChI=1S/C19H17FN6O/c20-13-6-8-24(10-13)17-5-4-14(9-22-17)26-11-15-16(23-26)12-25(19(15)27)18-3-1-2-7-21-18/h1-5,7,9,11,13H,6,8,10,12H2/t13-/m0/s1. The van der Waals surface area contributed by atoms with Crippen molar-refractivity contribution in [3.63, 3.8) is 0 Å². The van der Waals surface area contributed by atoms with Gasteiger partial charge in [-0.15, -0.1) is 0 Å². The summed E-state index contributed by atoms with van der Waals surface area (Å²) in [6.07, 6.45) is 4.85. The Hall–Kier alpha value is -3.29. The number of nitrogens with zero attached hydrogens (tertiary/aromatic N) is 6. The molecule has 1 atom stereocenters. The molecule has 5 heterocycles. The first-order valence-corrected chi connectivity index (χ1v) is 8.86. The van der Waals surface area contributed by atoms with Gasteiger partial charge in [-0.2, -0.15) is 5.10 Å². The van der Waals surface area contributed by atoms with Crippen LogP contribution in [0.3, 0.4) is 0 Å². The molecule has 0 aromatic carbocycles. The summed E-state index contributed by atoms with van der Waals surface area (Å²) in [4.78, 5) is 24.9. The fourth-order valence-electron chi connectivity index (χ4n) is 3.53. The van der Waals surface area contributed by atoms with E-state index in [4.69, 9.17) is 0 Å². The van der Waals surface area contributed by atoms with Gasteiger partial charge in [-0.3, -0.25) is 9.69 Å². The van der Waals surface area contributed by atoms with Crippen molar-refractivity contribution in [1.82, 2.24) is 19.7 Å². The maximum absolute atomic E-state index is 13.4. The van der Waals surface area contributed by atoms with Crippen LogP contribution in [0.4, 0.5) is 16.0 Å². The number of fused-ring (bicyclic) bond motifs is 1. The van der Waals surface area contributed by atoms with E-state index in [1.54, 1.807) is 34.2 Å². The van der Waals surface area contributed by atoms with E-state index in [1.807, 2.05) is 29.2 Å². The Morgan fingerprint density at radius 1 is 1.11 bits per heavy atom. The third kappa shape index (κ3) is 2.73. The van der Waals surface area contributed by atoms with Gasteiger partial charge in [0.15, 0.2) is 0 Å². The SMILES string of the molecule is O=C1c2cn(-c3ccc(N4CC[C@H](F)C4)nc3)nc2CN1c1ccccn1. The summed E-state index contributed by atoms with van der Waals surface area (Å²) in [5, 5.41) is 4.54. The zero-order valence-corrected chi connectivity index (χ0v) is 14.5. The average molecular weight is 364 g/mol. The number of halogens is 1. The van der Waals surface area contributed by atoms with E-state index in [-0.39, 0.29) is 5.91 Å². The summed E-state index contributed by atoms with van der Waals surface area (Å²) >= 11 is 0. The van der Waals surface area contributed by atoms with Crippen LogP contribution in [0.1, 0.15) is 22.5 Å². The predicted octanol–water partition coefficient (Wildman–Crippen LogP) is 2.37. The monoisotopic (exact) mass is 364 g/mol. The second-order valence-electron chi connectivity index (χ2n) is 6.72. The largest absolute Gasteiger partial charge is 0.354 e. The van der Waals surface area contributed by atoms with Crippen LogP contribution in [0.15, 0.2) is 48.9 Å². The zero-order chi connectivity index (χ0) is 18.4. The predicted molar refractivity (Wildman–Crippen MR) is 97.8 cm³/mol. The molecule has 0 radical (unpaired) electrons. The normalized spacial score (nSPS) is 19.0. The molecule has 0 unspecified atom stereocenters. The molecule has 2 aliphatic heterocycles. The molecule has 3 aromatic rings. The lowest BCUT2D eigenvalue weighted by Gasteiger charge is -2.16. The van der Waals surface area contributed by atoms with E-state index in [0.717, 1.165) is 17.2 Å². The van der Waals surface area contributed by atoms with Crippen molar-refractivity contribution in [2.45, 2.75) is 19.1 Å². The Balaban J connectivity index is 1.37. The van der Waals surface area contributed by atoms with Crippen LogP contribution in [0.2, 0.25) is 0 Å². The van der Waals surface area contributed by atoms with Crippen LogP contribution < -0.4 is 9.80 Å². The highest BCUT2D eigenvalue weighted by Crippen LogP contribution is 2.27. The summed E-state index contributed by atoms with van der Waals surface area (Å²) < 4.78 is 15.0. The first-order valence-electron chi connectivity index (χ1n) is 8.86. The summed E-state index contributed by atoms with van der Waals surface area (Å²) in [7, 11) is 0. The molecule has 0 saturated carbocycles. The van der Waals surface area contributed by atoms with Crippen molar-refractivity contribution in [3.8, 4) is 5.69 Å². The average Bonchev–Trinajstić information content (AvgIpc) is 3.39. The summed E-state index contributed by atoms with van der Waals surface area (Å²) in [5.41, 5.74) is 2.06. The van der Waals surface area contributed by atoms with Crippen molar-refractivity contribution in [2.24, 2.45) is 0 Å². The lowest BCUT2D eigenvalue weighted by atomic mass is 10.3. The first-order chi connectivity index (χ1) is 13.2. The minimum Gasteiger partial charge on any atom is -0.354 e. The Morgan fingerprint density at radius 2 is 2.04 bits per heavy atom. The highest BCUT2D eigenvalue weighted by molar-refractivity contribution is 6.09. The molecule has 0 spiro atoms. The molecular weight excluding hydrogens is 347 g/mol. The minimum atomic E-state index is -0.784. The molecule has 1 fully saturated rings. The Labute approximate surface area is 155 Å². The zero-order valence-electron chi connectivity index (χ0n) is 14.5. The number of aromatic nitrogens is 4. The lowest BCUT2D eigenvalue weighted by molar-refractivity contribution is 0.0995. The van der Waals surface area contributed by atoms with E-state index in [2.05, 4.69) is 15.1 Å². The molecule has 3 aromatic heterocycles. The quantitative estimate of drug-likeness (QED) is 0.714. The maximum atomic E-state index is 13.4. The molecule has 2 aliphatic rings. The van der Waals surface area contributed by atoms with Crippen molar-refractivity contribution < 1.29 is 9.18 Å². The van der Waals surface area contributed by atoms with Gasteiger partial charge in [-0.1, -0.05) is 6.07 Å². The van der Waals surface area contributed by atoms with E-state index in [9.17, 15) is 9.18 Å². The number of anilines is 2. The van der Waals surface area contributed by atoms with Crippen molar-refractivity contribution in [1.29, 1.82) is 0 Å². The van der Waals surface area contributed by atoms with Gasteiger partial charge in [0.2, 0.25) is 0 Å². The van der Waals surface area contributed by atoms with Gasteiger partial charge in [-0.05, 0) is 30.7 Å². The Morgan fingerprint density at radius 3 is 2.70 bits per heavy atom. The first kappa shape index (κ1) is 15.9. The van der Waals surface area contributed by atoms with Crippen LogP contribution >= 0.6 is 0 Å². The fraction of sp³-hybridized carbons (Fsp3) is 0.263. The number of carbonyl (C=O) groups is 1. The smallest absolute Gasteiger partial charge is 0.263 e. The highest BCUT2D eigenvalue weighted by atomic mass is 19.1. The van der Waals surface area contributed by atoms with Crippen LogP contribution in [0, 0.1) is 0 Å². The lowest BCUT2D eigenvalue weighted by Crippen LogP contribution is -2.24. The molecular formula is C19H17FN6O. The molecule has 0 N–H and O–H groups in total. The fourth-order valence-corrected chi connectivity index (χ4v) is 3.53. The molecule has 8 heteroatoms. The van der Waals surface area contributed by atoms with Crippen LogP contribution in [-0.4, -0.2) is 44.9 Å². The molecule has 7 nitrogen and oxygen atoms in total. The highest BCUT2D eigenvalue weighted by Gasteiger charge is 2.32. The number of hydrogen-bond donors (Lipinski definition) is 0. The van der Waals surface area contributed by atoms with Gasteiger partial charge >= 0.3 is 0 Å². The van der Waals surface area contributed by atoms with E-state index < -0.39 is 6.17 Å². The van der Waals surface area contributed by atoms with Gasteiger partial charge < -0.3 is 4.90 Å². The van der Waals surface area contributed by atoms with Crippen molar-refractivity contribution in [3.05, 3.63) is 60.2 Å². The number of hydrogen-bond acceptors (Lipinski definition) is 5. The molecule has 0 bridgehead atoms. The van der Waals surface area contributed by atoms with E-state index >= 15 is 0 Å². The summed E-state index contributed by atoms with van der Waals surface area (Å²) in [6.45, 7) is 1.47.